The smallest absolute Gasteiger partial charge is 0.267 e. The number of hydrogen-bond acceptors (Lipinski definition) is 4. The minimum Gasteiger partial charge on any atom is -0.268 e. The van der Waals surface area contributed by atoms with Gasteiger partial charge in [-0.2, -0.15) is 0 Å². The van der Waals surface area contributed by atoms with Crippen LogP contribution in [-0.4, -0.2) is 15.3 Å². The van der Waals surface area contributed by atoms with Crippen LogP contribution in [0.25, 0.3) is 15.9 Å². The van der Waals surface area contributed by atoms with Gasteiger partial charge >= 0.3 is 0 Å². The summed E-state index contributed by atoms with van der Waals surface area (Å²) in [6.45, 7) is 8.42. The SMILES string of the molecule is CCCCSc1nc2sc(CC)c(C)c2c(=O)n1-c1ccc(C)cc1. The molecule has 0 aliphatic carbocycles. The summed E-state index contributed by atoms with van der Waals surface area (Å²) >= 11 is 3.34. The molecule has 0 aliphatic rings. The average molecular weight is 373 g/mol. The van der Waals surface area contributed by atoms with Gasteiger partial charge in [0, 0.05) is 10.6 Å². The van der Waals surface area contributed by atoms with Gasteiger partial charge in [-0.1, -0.05) is 49.7 Å². The molecule has 0 aliphatic heterocycles. The summed E-state index contributed by atoms with van der Waals surface area (Å²) in [6, 6.07) is 8.11. The van der Waals surface area contributed by atoms with E-state index < -0.39 is 0 Å². The van der Waals surface area contributed by atoms with Crippen LogP contribution in [-0.2, 0) is 6.42 Å². The van der Waals surface area contributed by atoms with Gasteiger partial charge in [0.05, 0.1) is 11.1 Å². The van der Waals surface area contributed by atoms with E-state index in [1.165, 1.54) is 10.4 Å². The molecule has 0 atom stereocenters. The third kappa shape index (κ3) is 3.53. The number of rotatable bonds is 6. The number of aromatic nitrogens is 2. The summed E-state index contributed by atoms with van der Waals surface area (Å²) in [7, 11) is 0. The highest BCUT2D eigenvalue weighted by Crippen LogP contribution is 2.30. The summed E-state index contributed by atoms with van der Waals surface area (Å²) in [6.07, 6.45) is 3.20. The maximum absolute atomic E-state index is 13.3. The zero-order valence-corrected chi connectivity index (χ0v) is 16.9. The fourth-order valence-electron chi connectivity index (χ4n) is 2.87. The number of fused-ring (bicyclic) bond motifs is 1. The topological polar surface area (TPSA) is 34.9 Å². The van der Waals surface area contributed by atoms with Crippen LogP contribution in [0, 0.1) is 13.8 Å². The van der Waals surface area contributed by atoms with Gasteiger partial charge in [-0.15, -0.1) is 11.3 Å². The highest BCUT2D eigenvalue weighted by Gasteiger charge is 2.18. The van der Waals surface area contributed by atoms with Crippen molar-refractivity contribution < 1.29 is 0 Å². The van der Waals surface area contributed by atoms with Crippen LogP contribution in [0.4, 0.5) is 0 Å². The molecule has 0 bridgehead atoms. The maximum atomic E-state index is 13.3. The molecule has 0 radical (unpaired) electrons. The van der Waals surface area contributed by atoms with E-state index in [9.17, 15) is 4.79 Å². The molecule has 0 spiro atoms. The van der Waals surface area contributed by atoms with Crippen LogP contribution in [0.15, 0.2) is 34.2 Å². The molecule has 3 rings (SSSR count). The number of aryl methyl sites for hydroxylation is 3. The quantitative estimate of drug-likeness (QED) is 0.325. The lowest BCUT2D eigenvalue weighted by Crippen LogP contribution is -2.21. The zero-order chi connectivity index (χ0) is 18.0. The molecule has 132 valence electrons. The van der Waals surface area contributed by atoms with Crippen molar-refractivity contribution in [2.24, 2.45) is 0 Å². The van der Waals surface area contributed by atoms with Gasteiger partial charge in [-0.3, -0.25) is 9.36 Å². The number of benzene rings is 1. The molecule has 1 aromatic carbocycles. The zero-order valence-electron chi connectivity index (χ0n) is 15.3. The minimum absolute atomic E-state index is 0.0568. The van der Waals surface area contributed by atoms with E-state index >= 15 is 0 Å². The molecule has 0 amide bonds. The fourth-order valence-corrected chi connectivity index (χ4v) is 5.13. The molecule has 5 heteroatoms. The van der Waals surface area contributed by atoms with Gasteiger partial charge in [0.25, 0.3) is 5.56 Å². The van der Waals surface area contributed by atoms with E-state index in [0.29, 0.717) is 0 Å². The first-order valence-corrected chi connectivity index (χ1v) is 10.6. The third-order valence-corrected chi connectivity index (χ3v) is 6.73. The van der Waals surface area contributed by atoms with Crippen LogP contribution in [0.2, 0.25) is 0 Å². The summed E-state index contributed by atoms with van der Waals surface area (Å²) < 4.78 is 1.79. The van der Waals surface area contributed by atoms with E-state index in [-0.39, 0.29) is 5.56 Å². The largest absolute Gasteiger partial charge is 0.268 e. The van der Waals surface area contributed by atoms with Gasteiger partial charge in [0.1, 0.15) is 4.83 Å². The number of hydrogen-bond donors (Lipinski definition) is 0. The summed E-state index contributed by atoms with van der Waals surface area (Å²) in [5, 5.41) is 1.58. The van der Waals surface area contributed by atoms with Crippen molar-refractivity contribution in [1.29, 1.82) is 0 Å². The van der Waals surface area contributed by atoms with Gasteiger partial charge in [0.2, 0.25) is 0 Å². The highest BCUT2D eigenvalue weighted by atomic mass is 32.2. The van der Waals surface area contributed by atoms with Crippen LogP contribution >= 0.6 is 23.1 Å². The van der Waals surface area contributed by atoms with Crippen LogP contribution in [0.1, 0.15) is 42.7 Å². The molecule has 0 saturated carbocycles. The van der Waals surface area contributed by atoms with Crippen molar-refractivity contribution in [3.05, 3.63) is 50.6 Å². The van der Waals surface area contributed by atoms with E-state index in [0.717, 1.165) is 51.6 Å². The Morgan fingerprint density at radius 2 is 1.88 bits per heavy atom. The molecule has 0 fully saturated rings. The summed E-state index contributed by atoms with van der Waals surface area (Å²) in [5.41, 5.74) is 3.23. The first kappa shape index (κ1) is 18.2. The molecular weight excluding hydrogens is 348 g/mol. The normalized spacial score (nSPS) is 11.4. The highest BCUT2D eigenvalue weighted by molar-refractivity contribution is 7.99. The Hall–Kier alpha value is -1.59. The Bertz CT molecular complexity index is 939. The van der Waals surface area contributed by atoms with Crippen molar-refractivity contribution in [3.8, 4) is 5.69 Å². The van der Waals surface area contributed by atoms with E-state index in [2.05, 4.69) is 20.8 Å². The molecule has 3 nitrogen and oxygen atoms in total. The lowest BCUT2D eigenvalue weighted by molar-refractivity contribution is 0.816. The fraction of sp³-hybridized carbons (Fsp3) is 0.400. The van der Waals surface area contributed by atoms with Crippen molar-refractivity contribution >= 4 is 33.3 Å². The van der Waals surface area contributed by atoms with Crippen LogP contribution in [0.3, 0.4) is 0 Å². The average Bonchev–Trinajstić information content (AvgIpc) is 2.92. The molecule has 2 heterocycles. The Morgan fingerprint density at radius 3 is 2.52 bits per heavy atom. The van der Waals surface area contributed by atoms with Gasteiger partial charge in [0.15, 0.2) is 5.16 Å². The van der Waals surface area contributed by atoms with Crippen molar-refractivity contribution in [3.63, 3.8) is 0 Å². The summed E-state index contributed by atoms with van der Waals surface area (Å²) in [5.74, 6) is 0.977. The molecular formula is C20H24N2OS2. The first-order valence-electron chi connectivity index (χ1n) is 8.81. The van der Waals surface area contributed by atoms with Crippen LogP contribution < -0.4 is 5.56 Å². The number of unbranched alkanes of at least 4 members (excludes halogenated alkanes) is 1. The van der Waals surface area contributed by atoms with E-state index in [4.69, 9.17) is 4.98 Å². The van der Waals surface area contributed by atoms with Gasteiger partial charge < -0.3 is 0 Å². The molecule has 0 N–H and O–H groups in total. The Morgan fingerprint density at radius 1 is 1.16 bits per heavy atom. The number of thioether (sulfide) groups is 1. The second-order valence-electron chi connectivity index (χ2n) is 6.26. The molecule has 0 unspecified atom stereocenters. The predicted molar refractivity (Wildman–Crippen MR) is 110 cm³/mol. The Balaban J connectivity index is 2.24. The lowest BCUT2D eigenvalue weighted by Gasteiger charge is -2.12. The van der Waals surface area contributed by atoms with Gasteiger partial charge in [-0.05, 0) is 44.4 Å². The second-order valence-corrected chi connectivity index (χ2v) is 8.40. The van der Waals surface area contributed by atoms with Crippen molar-refractivity contribution in [2.75, 3.05) is 5.75 Å². The number of thiophene rings is 1. The molecule has 2 aromatic heterocycles. The Labute approximate surface area is 157 Å². The molecule has 3 aromatic rings. The van der Waals surface area contributed by atoms with Crippen LogP contribution in [0.5, 0.6) is 0 Å². The number of nitrogens with zero attached hydrogens (tertiary/aromatic N) is 2. The monoisotopic (exact) mass is 372 g/mol. The van der Waals surface area contributed by atoms with Crippen molar-refractivity contribution in [1.82, 2.24) is 9.55 Å². The Kier molecular flexibility index (Phi) is 5.64. The van der Waals surface area contributed by atoms with Gasteiger partial charge in [-0.25, -0.2) is 4.98 Å². The summed E-state index contributed by atoms with van der Waals surface area (Å²) in [4.78, 5) is 20.3. The van der Waals surface area contributed by atoms with Crippen molar-refractivity contribution in [2.45, 2.75) is 52.1 Å². The van der Waals surface area contributed by atoms with E-state index in [1.807, 2.05) is 31.2 Å². The minimum atomic E-state index is 0.0568. The van der Waals surface area contributed by atoms with E-state index in [1.54, 1.807) is 27.7 Å². The third-order valence-electron chi connectivity index (χ3n) is 4.37. The lowest BCUT2D eigenvalue weighted by atomic mass is 10.2. The predicted octanol–water partition coefficient (Wildman–Crippen LogP) is 5.52. The molecule has 25 heavy (non-hydrogen) atoms. The molecule has 0 saturated heterocycles. The first-order chi connectivity index (χ1) is 12.1. The standard InChI is InChI=1S/C20H24N2OS2/c1-5-7-12-24-20-21-18-17(14(4)16(6-2)25-18)19(23)22(20)15-10-8-13(3)9-11-15/h8-11H,5-7,12H2,1-4H3. The maximum Gasteiger partial charge on any atom is 0.267 e. The second kappa shape index (κ2) is 7.75.